The second-order valence-electron chi connectivity index (χ2n) is 9.34. The SMILES string of the molecule is CCOC(=O)[C@@H]1[C@@H](c2ccc3c(c2)OCO3)CN(CC(=O)NCC(C)C)[C@H]1c1ccc(OC)cc1. The molecule has 1 saturated heterocycles. The molecule has 1 amide bonds. The number of benzene rings is 2. The van der Waals surface area contributed by atoms with Gasteiger partial charge in [0.2, 0.25) is 12.7 Å². The Morgan fingerprint density at radius 2 is 1.80 bits per heavy atom. The van der Waals surface area contributed by atoms with Crippen LogP contribution in [0.1, 0.15) is 43.9 Å². The molecule has 2 aromatic rings. The molecule has 2 aliphatic heterocycles. The Bertz CT molecular complexity index is 1040. The molecule has 188 valence electrons. The summed E-state index contributed by atoms with van der Waals surface area (Å²) in [6.45, 7) is 7.70. The van der Waals surface area contributed by atoms with E-state index in [4.69, 9.17) is 18.9 Å². The fraction of sp³-hybridized carbons (Fsp3) is 0.481. The molecule has 0 radical (unpaired) electrons. The molecule has 0 spiro atoms. The van der Waals surface area contributed by atoms with Gasteiger partial charge in [-0.1, -0.05) is 32.0 Å². The molecule has 1 fully saturated rings. The lowest BCUT2D eigenvalue weighted by molar-refractivity contribution is -0.149. The predicted octanol–water partition coefficient (Wildman–Crippen LogP) is 3.52. The number of methoxy groups -OCH3 is 1. The number of rotatable bonds is 9. The number of hydrogen-bond acceptors (Lipinski definition) is 7. The monoisotopic (exact) mass is 482 g/mol. The molecule has 4 rings (SSSR count). The third-order valence-electron chi connectivity index (χ3n) is 6.49. The Kier molecular flexibility index (Phi) is 7.80. The minimum atomic E-state index is -0.499. The summed E-state index contributed by atoms with van der Waals surface area (Å²) in [4.78, 5) is 28.3. The molecular formula is C27H34N2O6. The third-order valence-corrected chi connectivity index (χ3v) is 6.49. The summed E-state index contributed by atoms with van der Waals surface area (Å²) in [6, 6.07) is 13.1. The summed E-state index contributed by atoms with van der Waals surface area (Å²) in [5, 5.41) is 3.00. The molecule has 2 aromatic carbocycles. The van der Waals surface area contributed by atoms with Gasteiger partial charge in [0, 0.05) is 25.0 Å². The van der Waals surface area contributed by atoms with Crippen molar-refractivity contribution in [2.45, 2.75) is 32.7 Å². The van der Waals surface area contributed by atoms with E-state index >= 15 is 0 Å². The molecule has 2 aliphatic rings. The van der Waals surface area contributed by atoms with E-state index in [0.717, 1.165) is 16.9 Å². The molecule has 1 N–H and O–H groups in total. The highest BCUT2D eigenvalue weighted by Crippen LogP contribution is 2.48. The van der Waals surface area contributed by atoms with Crippen molar-refractivity contribution in [2.75, 3.05) is 40.1 Å². The van der Waals surface area contributed by atoms with Crippen LogP contribution in [0.25, 0.3) is 0 Å². The first kappa shape index (κ1) is 24.9. The smallest absolute Gasteiger partial charge is 0.311 e. The molecule has 0 aromatic heterocycles. The maximum atomic E-state index is 13.4. The van der Waals surface area contributed by atoms with Crippen LogP contribution in [0.2, 0.25) is 0 Å². The van der Waals surface area contributed by atoms with E-state index in [2.05, 4.69) is 24.1 Å². The summed E-state index contributed by atoms with van der Waals surface area (Å²) < 4.78 is 21.9. The highest BCUT2D eigenvalue weighted by molar-refractivity contribution is 5.79. The first-order valence-corrected chi connectivity index (χ1v) is 12.1. The Hall–Kier alpha value is -3.26. The van der Waals surface area contributed by atoms with Gasteiger partial charge in [0.05, 0.1) is 26.2 Å². The van der Waals surface area contributed by atoms with Crippen LogP contribution in [0.3, 0.4) is 0 Å². The second-order valence-corrected chi connectivity index (χ2v) is 9.34. The molecular weight excluding hydrogens is 448 g/mol. The molecule has 35 heavy (non-hydrogen) atoms. The van der Waals surface area contributed by atoms with Gasteiger partial charge in [-0.05, 0) is 48.2 Å². The maximum absolute atomic E-state index is 13.4. The van der Waals surface area contributed by atoms with Crippen molar-refractivity contribution in [2.24, 2.45) is 11.8 Å². The minimum absolute atomic E-state index is 0.0637. The molecule has 3 atom stereocenters. The Labute approximate surface area is 206 Å². The van der Waals surface area contributed by atoms with E-state index in [-0.39, 0.29) is 43.8 Å². The number of esters is 1. The molecule has 8 heteroatoms. The number of carbonyl (C=O) groups is 2. The molecule has 0 saturated carbocycles. The zero-order chi connectivity index (χ0) is 24.9. The predicted molar refractivity (Wildman–Crippen MR) is 131 cm³/mol. The molecule has 0 unspecified atom stereocenters. The van der Waals surface area contributed by atoms with Crippen LogP contribution >= 0.6 is 0 Å². The zero-order valence-electron chi connectivity index (χ0n) is 20.8. The van der Waals surface area contributed by atoms with E-state index in [0.29, 0.717) is 30.5 Å². The van der Waals surface area contributed by atoms with Gasteiger partial charge in [-0.15, -0.1) is 0 Å². The van der Waals surface area contributed by atoms with Gasteiger partial charge < -0.3 is 24.3 Å². The van der Waals surface area contributed by atoms with Crippen LogP contribution in [0.5, 0.6) is 17.2 Å². The fourth-order valence-electron chi connectivity index (χ4n) is 4.86. The van der Waals surface area contributed by atoms with Gasteiger partial charge in [-0.25, -0.2) is 0 Å². The lowest BCUT2D eigenvalue weighted by atomic mass is 9.82. The average Bonchev–Trinajstić information content (AvgIpc) is 3.47. The van der Waals surface area contributed by atoms with Gasteiger partial charge in [0.25, 0.3) is 0 Å². The normalized spacial score (nSPS) is 21.2. The van der Waals surface area contributed by atoms with Gasteiger partial charge in [0.15, 0.2) is 11.5 Å². The van der Waals surface area contributed by atoms with E-state index in [1.54, 1.807) is 7.11 Å². The van der Waals surface area contributed by atoms with Gasteiger partial charge in [-0.2, -0.15) is 0 Å². The van der Waals surface area contributed by atoms with Crippen molar-refractivity contribution in [1.29, 1.82) is 0 Å². The number of likely N-dealkylation sites (tertiary alicyclic amines) is 1. The van der Waals surface area contributed by atoms with Crippen molar-refractivity contribution in [1.82, 2.24) is 10.2 Å². The number of fused-ring (bicyclic) bond motifs is 1. The van der Waals surface area contributed by atoms with Crippen molar-refractivity contribution in [3.05, 3.63) is 53.6 Å². The number of nitrogens with zero attached hydrogens (tertiary/aromatic N) is 1. The third kappa shape index (κ3) is 5.53. The number of amides is 1. The van der Waals surface area contributed by atoms with Crippen LogP contribution in [0.4, 0.5) is 0 Å². The van der Waals surface area contributed by atoms with Gasteiger partial charge >= 0.3 is 5.97 Å². The van der Waals surface area contributed by atoms with Crippen molar-refractivity contribution in [3.8, 4) is 17.2 Å². The highest BCUT2D eigenvalue weighted by atomic mass is 16.7. The quantitative estimate of drug-likeness (QED) is 0.548. The molecule has 8 nitrogen and oxygen atoms in total. The van der Waals surface area contributed by atoms with E-state index in [9.17, 15) is 9.59 Å². The van der Waals surface area contributed by atoms with E-state index in [1.807, 2.05) is 49.4 Å². The van der Waals surface area contributed by atoms with Crippen LogP contribution in [0, 0.1) is 11.8 Å². The summed E-state index contributed by atoms with van der Waals surface area (Å²) in [7, 11) is 1.62. The Balaban J connectivity index is 1.71. The van der Waals surface area contributed by atoms with E-state index < -0.39 is 5.92 Å². The lowest BCUT2D eigenvalue weighted by Gasteiger charge is -2.28. The maximum Gasteiger partial charge on any atom is 0.311 e. The summed E-state index contributed by atoms with van der Waals surface area (Å²) >= 11 is 0. The zero-order valence-corrected chi connectivity index (χ0v) is 20.8. The highest BCUT2D eigenvalue weighted by Gasteiger charge is 2.48. The molecule has 2 heterocycles. The van der Waals surface area contributed by atoms with Crippen LogP contribution in [-0.4, -0.2) is 56.9 Å². The fourth-order valence-corrected chi connectivity index (χ4v) is 4.86. The van der Waals surface area contributed by atoms with Crippen LogP contribution < -0.4 is 19.5 Å². The van der Waals surface area contributed by atoms with Crippen LogP contribution in [0.15, 0.2) is 42.5 Å². The largest absolute Gasteiger partial charge is 0.497 e. The van der Waals surface area contributed by atoms with Crippen LogP contribution in [-0.2, 0) is 14.3 Å². The minimum Gasteiger partial charge on any atom is -0.497 e. The number of hydrogen-bond donors (Lipinski definition) is 1. The first-order chi connectivity index (χ1) is 16.9. The van der Waals surface area contributed by atoms with Crippen molar-refractivity contribution < 1.29 is 28.5 Å². The van der Waals surface area contributed by atoms with Gasteiger partial charge in [-0.3, -0.25) is 14.5 Å². The Morgan fingerprint density at radius 1 is 1.09 bits per heavy atom. The molecule has 0 aliphatic carbocycles. The standard InChI is InChI=1S/C27H34N2O6/c1-5-33-27(31)25-21(19-8-11-22-23(12-19)35-16-34-22)14-29(15-24(30)28-13-17(2)3)26(25)18-6-9-20(32-4)10-7-18/h6-12,17,21,25-26H,5,13-16H2,1-4H3,(H,28,30)/t21-,25-,26+/m1/s1. The van der Waals surface area contributed by atoms with Gasteiger partial charge in [0.1, 0.15) is 5.75 Å². The first-order valence-electron chi connectivity index (χ1n) is 12.1. The molecule has 0 bridgehead atoms. The summed E-state index contributed by atoms with van der Waals surface area (Å²) in [5.41, 5.74) is 1.89. The topological polar surface area (TPSA) is 86.3 Å². The number of nitrogens with one attached hydrogen (secondary N) is 1. The summed E-state index contributed by atoms with van der Waals surface area (Å²) in [6.07, 6.45) is 0. The summed E-state index contributed by atoms with van der Waals surface area (Å²) in [5.74, 6) is 1.41. The number of carbonyl (C=O) groups excluding carboxylic acids is 2. The van der Waals surface area contributed by atoms with Crippen molar-refractivity contribution >= 4 is 11.9 Å². The average molecular weight is 483 g/mol. The van der Waals surface area contributed by atoms with E-state index in [1.165, 1.54) is 0 Å². The van der Waals surface area contributed by atoms with Crippen molar-refractivity contribution in [3.63, 3.8) is 0 Å². The Morgan fingerprint density at radius 3 is 2.49 bits per heavy atom. The number of ether oxygens (including phenoxy) is 4. The second kappa shape index (κ2) is 11.0. The lowest BCUT2D eigenvalue weighted by Crippen LogP contribution is -2.39.